The Balaban J connectivity index is 2.95. The normalized spacial score (nSPS) is 13.8. The van der Waals surface area contributed by atoms with Crippen LogP contribution in [-0.2, 0) is 4.79 Å². The summed E-state index contributed by atoms with van der Waals surface area (Å²) >= 11 is 13.8. The number of benzene rings is 1. The second-order valence-corrected chi connectivity index (χ2v) is 5.96. The molecule has 0 saturated carbocycles. The lowest BCUT2D eigenvalue weighted by Crippen LogP contribution is -2.44. The molecule has 21 heavy (non-hydrogen) atoms. The summed E-state index contributed by atoms with van der Waals surface area (Å²) in [6.07, 6.45) is -1.29. The van der Waals surface area contributed by atoms with E-state index < -0.39 is 34.4 Å². The number of nitro groups is 1. The van der Waals surface area contributed by atoms with Crippen LogP contribution in [0.4, 0.5) is 5.69 Å². The second-order valence-electron chi connectivity index (χ2n) is 4.01. The van der Waals surface area contributed by atoms with Crippen LogP contribution in [0, 0.1) is 10.1 Å². The first-order chi connectivity index (χ1) is 9.77. The summed E-state index contributed by atoms with van der Waals surface area (Å²) in [5.41, 5.74) is 0.102. The highest BCUT2D eigenvalue weighted by molar-refractivity contribution is 9.10. The number of nitro benzene ring substituents is 1. The molecule has 0 aliphatic carbocycles. The van der Waals surface area contributed by atoms with Gasteiger partial charge in [0.05, 0.1) is 22.0 Å². The Kier molecular flexibility index (Phi) is 6.82. The summed E-state index contributed by atoms with van der Waals surface area (Å²) in [5.74, 6) is -0.766. The predicted octanol–water partition coefficient (Wildman–Crippen LogP) is 1.67. The first-order valence-corrected chi connectivity index (χ1v) is 7.25. The molecule has 0 spiro atoms. The lowest BCUT2D eigenvalue weighted by molar-refractivity contribution is -0.385. The van der Waals surface area contributed by atoms with Crippen LogP contribution in [-0.4, -0.2) is 38.5 Å². The molecule has 116 valence electrons. The van der Waals surface area contributed by atoms with Gasteiger partial charge in [0, 0.05) is 6.07 Å². The number of aliphatic hydroxyl groups excluding tert-OH is 2. The quantitative estimate of drug-likeness (QED) is 0.381. The van der Waals surface area contributed by atoms with Gasteiger partial charge in [0.1, 0.15) is 6.10 Å². The summed E-state index contributed by atoms with van der Waals surface area (Å²) in [4.78, 5) is 20.1. The van der Waals surface area contributed by atoms with Crippen molar-refractivity contribution >= 4 is 50.7 Å². The molecule has 0 aliphatic rings. The number of alkyl halides is 2. The Bertz CT molecular complexity index is 543. The van der Waals surface area contributed by atoms with Gasteiger partial charge in [0.15, 0.2) is 4.84 Å². The second kappa shape index (κ2) is 7.90. The van der Waals surface area contributed by atoms with Crippen molar-refractivity contribution in [2.75, 3.05) is 6.61 Å². The topological polar surface area (TPSA) is 113 Å². The van der Waals surface area contributed by atoms with Crippen molar-refractivity contribution in [2.45, 2.75) is 17.0 Å². The van der Waals surface area contributed by atoms with Gasteiger partial charge in [0.2, 0.25) is 0 Å². The van der Waals surface area contributed by atoms with Crippen LogP contribution in [0.1, 0.15) is 11.7 Å². The van der Waals surface area contributed by atoms with Crippen LogP contribution in [0.2, 0.25) is 0 Å². The maximum atomic E-state index is 11.4. The van der Waals surface area contributed by atoms with E-state index in [4.69, 9.17) is 23.2 Å². The molecule has 10 heteroatoms. The van der Waals surface area contributed by atoms with E-state index in [-0.39, 0.29) is 15.7 Å². The van der Waals surface area contributed by atoms with Gasteiger partial charge >= 0.3 is 0 Å². The fraction of sp³-hybridized carbons (Fsp3) is 0.364. The number of carbonyl (C=O) groups is 1. The molecular weight excluding hydrogens is 391 g/mol. The summed E-state index contributed by atoms with van der Waals surface area (Å²) < 4.78 is 0.166. The highest BCUT2D eigenvalue weighted by Crippen LogP contribution is 2.29. The van der Waals surface area contributed by atoms with Gasteiger partial charge in [-0.05, 0) is 33.6 Å². The van der Waals surface area contributed by atoms with Gasteiger partial charge in [-0.15, -0.1) is 0 Å². The SMILES string of the molecule is O=C(NC(CO)C(O)c1ccc([N+](=O)[O-])c(Br)c1)C(Cl)Cl. The van der Waals surface area contributed by atoms with Crippen molar-refractivity contribution in [1.82, 2.24) is 5.32 Å². The van der Waals surface area contributed by atoms with Crippen molar-refractivity contribution in [3.8, 4) is 0 Å². The monoisotopic (exact) mass is 400 g/mol. The van der Waals surface area contributed by atoms with Crippen molar-refractivity contribution < 1.29 is 19.9 Å². The van der Waals surface area contributed by atoms with E-state index >= 15 is 0 Å². The molecule has 0 fully saturated rings. The highest BCUT2D eigenvalue weighted by Gasteiger charge is 2.25. The molecule has 1 amide bonds. The summed E-state index contributed by atoms with van der Waals surface area (Å²) in [5, 5.41) is 32.3. The Labute approximate surface area is 138 Å². The van der Waals surface area contributed by atoms with E-state index in [2.05, 4.69) is 21.2 Å². The Morgan fingerprint density at radius 2 is 2.10 bits per heavy atom. The number of hydrogen-bond donors (Lipinski definition) is 3. The van der Waals surface area contributed by atoms with E-state index in [1.165, 1.54) is 18.2 Å². The highest BCUT2D eigenvalue weighted by atomic mass is 79.9. The number of nitrogens with one attached hydrogen (secondary N) is 1. The molecule has 1 aromatic carbocycles. The van der Waals surface area contributed by atoms with Crippen LogP contribution in [0.3, 0.4) is 0 Å². The number of carbonyl (C=O) groups excluding carboxylic acids is 1. The molecule has 1 rings (SSSR count). The van der Waals surface area contributed by atoms with Gasteiger partial charge in [-0.2, -0.15) is 0 Å². The molecule has 0 aromatic heterocycles. The molecule has 7 nitrogen and oxygen atoms in total. The van der Waals surface area contributed by atoms with Crippen molar-refractivity contribution in [1.29, 1.82) is 0 Å². The molecular formula is C11H11BrCl2N2O5. The van der Waals surface area contributed by atoms with Crippen molar-refractivity contribution in [3.05, 3.63) is 38.3 Å². The van der Waals surface area contributed by atoms with E-state index in [1.807, 2.05) is 0 Å². The number of nitrogens with zero attached hydrogens (tertiary/aromatic N) is 1. The van der Waals surface area contributed by atoms with Crippen molar-refractivity contribution in [2.24, 2.45) is 0 Å². The summed E-state index contributed by atoms with van der Waals surface area (Å²) in [6, 6.07) is 2.80. The minimum atomic E-state index is -1.34. The zero-order chi connectivity index (χ0) is 16.2. The van der Waals surface area contributed by atoms with Crippen LogP contribution >= 0.6 is 39.1 Å². The first-order valence-electron chi connectivity index (χ1n) is 5.59. The lowest BCUT2D eigenvalue weighted by atomic mass is 10.0. The van der Waals surface area contributed by atoms with E-state index in [0.29, 0.717) is 0 Å². The largest absolute Gasteiger partial charge is 0.394 e. The number of aliphatic hydroxyl groups is 2. The number of halogens is 3. The smallest absolute Gasteiger partial charge is 0.283 e. The average Bonchev–Trinajstić information content (AvgIpc) is 2.42. The van der Waals surface area contributed by atoms with Crippen LogP contribution in [0.25, 0.3) is 0 Å². The Morgan fingerprint density at radius 3 is 2.52 bits per heavy atom. The van der Waals surface area contributed by atoms with Gasteiger partial charge in [-0.1, -0.05) is 23.2 Å². The molecule has 1 aromatic rings. The third kappa shape index (κ3) is 4.79. The standard InChI is InChI=1S/C11H11BrCl2N2O5/c12-6-3-5(1-2-8(6)16(20)21)9(18)7(4-17)15-11(19)10(13)14/h1-3,7,9-10,17-18H,4H2,(H,15,19). The zero-order valence-electron chi connectivity index (χ0n) is 10.4. The van der Waals surface area contributed by atoms with E-state index in [9.17, 15) is 25.1 Å². The molecule has 0 bridgehead atoms. The molecule has 3 N–H and O–H groups in total. The molecule has 0 saturated heterocycles. The zero-order valence-corrected chi connectivity index (χ0v) is 13.5. The fourth-order valence-corrected chi connectivity index (χ4v) is 2.22. The van der Waals surface area contributed by atoms with Gasteiger partial charge in [-0.25, -0.2) is 0 Å². The maximum Gasteiger partial charge on any atom is 0.283 e. The van der Waals surface area contributed by atoms with Crippen LogP contribution < -0.4 is 5.32 Å². The first kappa shape index (κ1) is 18.1. The molecule has 0 aliphatic heterocycles. The van der Waals surface area contributed by atoms with E-state index in [1.54, 1.807) is 0 Å². The van der Waals surface area contributed by atoms with Gasteiger partial charge in [0.25, 0.3) is 11.6 Å². The van der Waals surface area contributed by atoms with Crippen molar-refractivity contribution in [3.63, 3.8) is 0 Å². The third-order valence-electron chi connectivity index (χ3n) is 2.61. The van der Waals surface area contributed by atoms with Gasteiger partial charge in [-0.3, -0.25) is 14.9 Å². The average molecular weight is 402 g/mol. The maximum absolute atomic E-state index is 11.4. The van der Waals surface area contributed by atoms with E-state index in [0.717, 1.165) is 0 Å². The third-order valence-corrected chi connectivity index (χ3v) is 3.65. The molecule has 2 unspecified atom stereocenters. The van der Waals surface area contributed by atoms with Gasteiger partial charge < -0.3 is 15.5 Å². The number of hydrogen-bond acceptors (Lipinski definition) is 5. The number of amides is 1. The Morgan fingerprint density at radius 1 is 1.48 bits per heavy atom. The lowest BCUT2D eigenvalue weighted by Gasteiger charge is -2.23. The molecule has 0 heterocycles. The fourth-order valence-electron chi connectivity index (χ4n) is 1.56. The number of rotatable bonds is 6. The minimum Gasteiger partial charge on any atom is -0.394 e. The molecule has 2 atom stereocenters. The van der Waals surface area contributed by atoms with Crippen LogP contribution in [0.5, 0.6) is 0 Å². The Hall–Kier alpha value is -0.930. The molecule has 0 radical (unpaired) electrons. The van der Waals surface area contributed by atoms with Crippen LogP contribution in [0.15, 0.2) is 22.7 Å². The minimum absolute atomic E-state index is 0.166. The summed E-state index contributed by atoms with van der Waals surface area (Å²) in [7, 11) is 0. The summed E-state index contributed by atoms with van der Waals surface area (Å²) in [6.45, 7) is -0.567. The predicted molar refractivity (Wildman–Crippen MR) is 80.3 cm³/mol.